The van der Waals surface area contributed by atoms with Crippen LogP contribution in [0.25, 0.3) is 0 Å². The van der Waals surface area contributed by atoms with E-state index in [9.17, 15) is 14.4 Å². The van der Waals surface area contributed by atoms with Crippen molar-refractivity contribution in [3.63, 3.8) is 0 Å². The van der Waals surface area contributed by atoms with Crippen molar-refractivity contribution in [1.29, 1.82) is 0 Å². The number of ether oxygens (including phenoxy) is 1. The molecule has 0 aromatic heterocycles. The van der Waals surface area contributed by atoms with Crippen molar-refractivity contribution in [3.05, 3.63) is 71.8 Å². The number of esters is 1. The van der Waals surface area contributed by atoms with E-state index in [1.54, 1.807) is 6.92 Å². The zero-order chi connectivity index (χ0) is 22.1. The third kappa shape index (κ3) is 6.93. The van der Waals surface area contributed by atoms with Crippen molar-refractivity contribution in [2.24, 2.45) is 0 Å². The first-order valence-corrected chi connectivity index (χ1v) is 10.7. The molecule has 0 spiro atoms. The lowest BCUT2D eigenvalue weighted by atomic mass is 10.0. The number of carbonyl (C=O) groups is 3. The van der Waals surface area contributed by atoms with E-state index in [-0.39, 0.29) is 18.4 Å². The maximum Gasteiger partial charge on any atom is 0.325 e. The van der Waals surface area contributed by atoms with E-state index in [4.69, 9.17) is 4.74 Å². The third-order valence-corrected chi connectivity index (χ3v) is 5.11. The minimum atomic E-state index is -0.725. The predicted octanol–water partition coefficient (Wildman–Crippen LogP) is 1.37. The van der Waals surface area contributed by atoms with E-state index in [2.05, 4.69) is 28.1 Å². The molecule has 1 heterocycles. The number of nitrogens with one attached hydrogen (secondary N) is 3. The Morgan fingerprint density at radius 2 is 1.61 bits per heavy atom. The molecule has 7 nitrogen and oxygen atoms in total. The molecule has 1 aliphatic rings. The number of rotatable bonds is 11. The number of hydrogen-bond donors (Lipinski definition) is 3. The molecule has 1 fully saturated rings. The average molecular weight is 424 g/mol. The van der Waals surface area contributed by atoms with Gasteiger partial charge < -0.3 is 15.4 Å². The third-order valence-electron chi connectivity index (χ3n) is 5.11. The van der Waals surface area contributed by atoms with Crippen molar-refractivity contribution in [2.45, 2.75) is 44.3 Å². The van der Waals surface area contributed by atoms with Gasteiger partial charge in [-0.05, 0) is 30.9 Å². The van der Waals surface area contributed by atoms with E-state index in [1.807, 2.05) is 48.5 Å². The fourth-order valence-electron chi connectivity index (χ4n) is 3.39. The van der Waals surface area contributed by atoms with Crippen LogP contribution in [-0.4, -0.2) is 49.1 Å². The fraction of sp³-hybridized carbons (Fsp3) is 0.375. The molecule has 7 heteroatoms. The second-order valence-corrected chi connectivity index (χ2v) is 7.51. The van der Waals surface area contributed by atoms with E-state index in [1.165, 1.54) is 5.56 Å². The second-order valence-electron chi connectivity index (χ2n) is 7.51. The number of amides is 2. The van der Waals surface area contributed by atoms with Crippen molar-refractivity contribution in [3.8, 4) is 0 Å². The number of benzene rings is 2. The maximum absolute atomic E-state index is 12.8. The van der Waals surface area contributed by atoms with Crippen LogP contribution in [0.2, 0.25) is 0 Å². The largest absolute Gasteiger partial charge is 0.465 e. The molecule has 2 aromatic carbocycles. The molecule has 2 aromatic rings. The van der Waals surface area contributed by atoms with Gasteiger partial charge in [0.25, 0.3) is 0 Å². The number of hydrogen-bond acceptors (Lipinski definition) is 5. The first-order valence-electron chi connectivity index (χ1n) is 10.7. The van der Waals surface area contributed by atoms with Crippen LogP contribution in [0.4, 0.5) is 0 Å². The lowest BCUT2D eigenvalue weighted by molar-refractivity contribution is -0.143. The predicted molar refractivity (Wildman–Crippen MR) is 117 cm³/mol. The average Bonchev–Trinajstić information content (AvgIpc) is 3.59. The van der Waals surface area contributed by atoms with Crippen LogP contribution in [0.3, 0.4) is 0 Å². The SMILES string of the molecule is CCOC(=O)[C@H]1N[C@@H]1C(=O)N[C@@H](Cc1ccccc1)C(=O)NCCCc1ccccc1. The van der Waals surface area contributed by atoms with Crippen LogP contribution < -0.4 is 16.0 Å². The molecule has 3 rings (SSSR count). The first-order chi connectivity index (χ1) is 15.1. The summed E-state index contributed by atoms with van der Waals surface area (Å²) in [6.45, 7) is 2.49. The van der Waals surface area contributed by atoms with Gasteiger partial charge in [-0.15, -0.1) is 0 Å². The molecule has 0 aliphatic carbocycles. The Morgan fingerprint density at radius 1 is 0.968 bits per heavy atom. The molecule has 1 saturated heterocycles. The number of aryl methyl sites for hydroxylation is 1. The molecule has 0 bridgehead atoms. The molecule has 3 atom stereocenters. The van der Waals surface area contributed by atoms with Crippen LogP contribution >= 0.6 is 0 Å². The minimum absolute atomic E-state index is 0.237. The Labute approximate surface area is 182 Å². The highest BCUT2D eigenvalue weighted by Crippen LogP contribution is 2.14. The summed E-state index contributed by atoms with van der Waals surface area (Å²) in [6, 6.07) is 17.6. The molecular formula is C24H29N3O4. The Balaban J connectivity index is 1.53. The van der Waals surface area contributed by atoms with E-state index in [0.29, 0.717) is 13.0 Å². The molecule has 31 heavy (non-hydrogen) atoms. The highest BCUT2D eigenvalue weighted by Gasteiger charge is 2.49. The second kappa shape index (κ2) is 11.3. The summed E-state index contributed by atoms with van der Waals surface area (Å²) in [5, 5.41) is 8.53. The molecular weight excluding hydrogens is 394 g/mol. The normalized spacial score (nSPS) is 18.0. The smallest absolute Gasteiger partial charge is 0.325 e. The Morgan fingerprint density at radius 3 is 2.26 bits per heavy atom. The van der Waals surface area contributed by atoms with Gasteiger partial charge in [0.1, 0.15) is 18.1 Å². The van der Waals surface area contributed by atoms with Gasteiger partial charge in [0.05, 0.1) is 6.61 Å². The molecule has 0 radical (unpaired) electrons. The zero-order valence-electron chi connectivity index (χ0n) is 17.7. The lowest BCUT2D eigenvalue weighted by Crippen LogP contribution is -2.50. The Bertz CT molecular complexity index is 873. The van der Waals surface area contributed by atoms with Crippen LogP contribution in [-0.2, 0) is 32.0 Å². The molecule has 164 valence electrons. The summed E-state index contributed by atoms with van der Waals surface area (Å²) >= 11 is 0. The lowest BCUT2D eigenvalue weighted by Gasteiger charge is -2.18. The summed E-state index contributed by atoms with van der Waals surface area (Å²) in [5.41, 5.74) is 2.16. The van der Waals surface area contributed by atoms with Gasteiger partial charge in [-0.1, -0.05) is 60.7 Å². The highest BCUT2D eigenvalue weighted by atomic mass is 16.5. The van der Waals surface area contributed by atoms with Gasteiger partial charge in [0.2, 0.25) is 11.8 Å². The minimum Gasteiger partial charge on any atom is -0.465 e. The van der Waals surface area contributed by atoms with Gasteiger partial charge >= 0.3 is 5.97 Å². The summed E-state index contributed by atoms with van der Waals surface area (Å²) in [4.78, 5) is 37.2. The summed E-state index contributed by atoms with van der Waals surface area (Å²) in [5.74, 6) is -1.07. The van der Waals surface area contributed by atoms with Gasteiger partial charge in [-0.3, -0.25) is 19.7 Å². The Kier molecular flexibility index (Phi) is 8.18. The maximum atomic E-state index is 12.8. The van der Waals surface area contributed by atoms with E-state index < -0.39 is 24.1 Å². The highest BCUT2D eigenvalue weighted by molar-refractivity contribution is 5.97. The van der Waals surface area contributed by atoms with E-state index in [0.717, 1.165) is 18.4 Å². The molecule has 2 amide bonds. The fourth-order valence-corrected chi connectivity index (χ4v) is 3.39. The van der Waals surface area contributed by atoms with Crippen LogP contribution in [0, 0.1) is 0 Å². The van der Waals surface area contributed by atoms with Crippen LogP contribution in [0.15, 0.2) is 60.7 Å². The van der Waals surface area contributed by atoms with Gasteiger partial charge in [-0.2, -0.15) is 0 Å². The zero-order valence-corrected chi connectivity index (χ0v) is 17.7. The van der Waals surface area contributed by atoms with Crippen molar-refractivity contribution in [1.82, 2.24) is 16.0 Å². The number of carbonyl (C=O) groups excluding carboxylic acids is 3. The molecule has 0 saturated carbocycles. The van der Waals surface area contributed by atoms with Gasteiger partial charge in [0.15, 0.2) is 0 Å². The monoisotopic (exact) mass is 423 g/mol. The van der Waals surface area contributed by atoms with Crippen LogP contribution in [0.1, 0.15) is 24.5 Å². The standard InChI is InChI=1S/C24H29N3O4/c1-2-31-24(30)21-20(27-21)23(29)26-19(16-18-12-7-4-8-13-18)22(28)25-15-9-14-17-10-5-3-6-11-17/h3-8,10-13,19-21,27H,2,9,14-16H2,1H3,(H,25,28)(H,26,29)/t19-,20-,21-/m0/s1. The topological polar surface area (TPSA) is 106 Å². The van der Waals surface area contributed by atoms with Crippen molar-refractivity contribution >= 4 is 17.8 Å². The summed E-state index contributed by atoms with van der Waals surface area (Å²) < 4.78 is 4.94. The van der Waals surface area contributed by atoms with Crippen molar-refractivity contribution in [2.75, 3.05) is 13.2 Å². The first kappa shape index (κ1) is 22.5. The van der Waals surface area contributed by atoms with Gasteiger partial charge in [-0.25, -0.2) is 0 Å². The quantitative estimate of drug-likeness (QED) is 0.288. The summed E-state index contributed by atoms with van der Waals surface area (Å²) in [7, 11) is 0. The summed E-state index contributed by atoms with van der Waals surface area (Å²) in [6.07, 6.45) is 2.04. The van der Waals surface area contributed by atoms with E-state index >= 15 is 0 Å². The van der Waals surface area contributed by atoms with Crippen molar-refractivity contribution < 1.29 is 19.1 Å². The Hall–Kier alpha value is -3.19. The molecule has 3 N–H and O–H groups in total. The van der Waals surface area contributed by atoms with Gasteiger partial charge in [0, 0.05) is 13.0 Å². The van der Waals surface area contributed by atoms with Crippen LogP contribution in [0.5, 0.6) is 0 Å². The molecule has 1 aliphatic heterocycles. The molecule has 0 unspecified atom stereocenters.